The molecule has 1 aliphatic rings. The Morgan fingerprint density at radius 1 is 1.33 bits per heavy atom. The molecule has 0 bridgehead atoms. The van der Waals surface area contributed by atoms with Gasteiger partial charge in [0.15, 0.2) is 0 Å². The van der Waals surface area contributed by atoms with Gasteiger partial charge in [-0.2, -0.15) is 5.10 Å². The van der Waals surface area contributed by atoms with Crippen molar-refractivity contribution in [2.45, 2.75) is 39.7 Å². The number of nitrogens with one attached hydrogen (secondary N) is 2. The molecule has 0 aliphatic heterocycles. The highest BCUT2D eigenvalue weighted by Crippen LogP contribution is 2.42. The number of anilines is 1. The van der Waals surface area contributed by atoms with Crippen LogP contribution in [-0.2, 0) is 0 Å². The lowest BCUT2D eigenvalue weighted by atomic mass is 9.91. The van der Waals surface area contributed by atoms with Crippen molar-refractivity contribution in [3.8, 4) is 0 Å². The van der Waals surface area contributed by atoms with E-state index in [1.807, 2.05) is 6.20 Å². The van der Waals surface area contributed by atoms with E-state index in [2.05, 4.69) is 54.5 Å². The molecule has 18 heavy (non-hydrogen) atoms. The third-order valence-electron chi connectivity index (χ3n) is 4.16. The molecule has 3 nitrogen and oxygen atoms in total. The SMILES string of the molecule is CC1CC(C)(C)CC1Nc1cccc2[nH]ncc12. The van der Waals surface area contributed by atoms with Crippen LogP contribution in [0.1, 0.15) is 33.6 Å². The maximum atomic E-state index is 4.12. The molecule has 1 aliphatic carbocycles. The van der Waals surface area contributed by atoms with Crippen LogP contribution in [0.5, 0.6) is 0 Å². The largest absolute Gasteiger partial charge is 0.381 e. The Hall–Kier alpha value is -1.51. The summed E-state index contributed by atoms with van der Waals surface area (Å²) < 4.78 is 0. The Bertz CT molecular complexity index is 556. The molecule has 1 heterocycles. The summed E-state index contributed by atoms with van der Waals surface area (Å²) in [6, 6.07) is 6.86. The summed E-state index contributed by atoms with van der Waals surface area (Å²) in [6.45, 7) is 7.08. The zero-order chi connectivity index (χ0) is 12.8. The van der Waals surface area contributed by atoms with Crippen LogP contribution in [0.2, 0.25) is 0 Å². The fourth-order valence-electron chi connectivity index (χ4n) is 3.38. The number of aromatic amines is 1. The second-order valence-electron chi connectivity index (χ2n) is 6.44. The number of aromatic nitrogens is 2. The molecular formula is C15H21N3. The van der Waals surface area contributed by atoms with Crippen molar-refractivity contribution in [1.82, 2.24) is 10.2 Å². The summed E-state index contributed by atoms with van der Waals surface area (Å²) in [5.74, 6) is 0.724. The zero-order valence-electron chi connectivity index (χ0n) is 11.3. The van der Waals surface area contributed by atoms with Crippen LogP contribution in [0.4, 0.5) is 5.69 Å². The standard InChI is InChI=1S/C15H21N3/c1-10-7-15(2,3)8-14(10)17-12-5-4-6-13-11(12)9-16-18-13/h4-6,9-10,14,17H,7-8H2,1-3H3,(H,16,18). The summed E-state index contributed by atoms with van der Waals surface area (Å²) >= 11 is 0. The molecule has 2 N–H and O–H groups in total. The molecule has 2 unspecified atom stereocenters. The van der Waals surface area contributed by atoms with Crippen molar-refractivity contribution in [3.63, 3.8) is 0 Å². The number of fused-ring (bicyclic) bond motifs is 1. The van der Waals surface area contributed by atoms with Crippen molar-refractivity contribution in [1.29, 1.82) is 0 Å². The monoisotopic (exact) mass is 243 g/mol. The van der Waals surface area contributed by atoms with E-state index < -0.39 is 0 Å². The smallest absolute Gasteiger partial charge is 0.0671 e. The quantitative estimate of drug-likeness (QED) is 0.842. The number of benzene rings is 1. The highest BCUT2D eigenvalue weighted by Gasteiger charge is 2.36. The molecule has 1 aromatic carbocycles. The van der Waals surface area contributed by atoms with Gasteiger partial charge in [0.1, 0.15) is 0 Å². The zero-order valence-corrected chi connectivity index (χ0v) is 11.3. The van der Waals surface area contributed by atoms with Gasteiger partial charge in [-0.05, 0) is 36.3 Å². The van der Waals surface area contributed by atoms with Crippen molar-refractivity contribution >= 4 is 16.6 Å². The molecule has 96 valence electrons. The third kappa shape index (κ3) is 1.98. The Balaban J connectivity index is 1.87. The van der Waals surface area contributed by atoms with Gasteiger partial charge in [0.2, 0.25) is 0 Å². The fourth-order valence-corrected chi connectivity index (χ4v) is 3.38. The third-order valence-corrected chi connectivity index (χ3v) is 4.16. The van der Waals surface area contributed by atoms with Crippen molar-refractivity contribution in [3.05, 3.63) is 24.4 Å². The Morgan fingerprint density at radius 3 is 2.89 bits per heavy atom. The van der Waals surface area contributed by atoms with E-state index in [9.17, 15) is 0 Å². The highest BCUT2D eigenvalue weighted by atomic mass is 15.1. The molecule has 0 saturated heterocycles. The fraction of sp³-hybridized carbons (Fsp3) is 0.533. The minimum absolute atomic E-state index is 0.460. The van der Waals surface area contributed by atoms with E-state index in [0.717, 1.165) is 11.4 Å². The molecule has 0 radical (unpaired) electrons. The van der Waals surface area contributed by atoms with Crippen LogP contribution in [0, 0.1) is 11.3 Å². The van der Waals surface area contributed by atoms with Gasteiger partial charge in [-0.1, -0.05) is 26.8 Å². The van der Waals surface area contributed by atoms with Gasteiger partial charge in [-0.15, -0.1) is 0 Å². The van der Waals surface area contributed by atoms with Gasteiger partial charge in [0, 0.05) is 17.1 Å². The molecule has 0 spiro atoms. The Morgan fingerprint density at radius 2 is 2.17 bits per heavy atom. The maximum Gasteiger partial charge on any atom is 0.0671 e. The normalized spacial score (nSPS) is 26.6. The van der Waals surface area contributed by atoms with E-state index >= 15 is 0 Å². The molecule has 1 saturated carbocycles. The van der Waals surface area contributed by atoms with E-state index in [-0.39, 0.29) is 0 Å². The lowest BCUT2D eigenvalue weighted by molar-refractivity contribution is 0.366. The van der Waals surface area contributed by atoms with Gasteiger partial charge in [0.25, 0.3) is 0 Å². The average molecular weight is 243 g/mol. The first kappa shape index (κ1) is 11.6. The van der Waals surface area contributed by atoms with E-state index in [1.54, 1.807) is 0 Å². The summed E-state index contributed by atoms with van der Waals surface area (Å²) in [5.41, 5.74) is 2.77. The van der Waals surface area contributed by atoms with Crippen LogP contribution < -0.4 is 5.32 Å². The topological polar surface area (TPSA) is 40.7 Å². The van der Waals surface area contributed by atoms with Crippen LogP contribution >= 0.6 is 0 Å². The molecular weight excluding hydrogens is 222 g/mol. The van der Waals surface area contributed by atoms with E-state index in [0.29, 0.717) is 11.5 Å². The van der Waals surface area contributed by atoms with E-state index in [1.165, 1.54) is 23.9 Å². The number of hydrogen-bond donors (Lipinski definition) is 2. The second-order valence-corrected chi connectivity index (χ2v) is 6.44. The van der Waals surface area contributed by atoms with Crippen molar-refractivity contribution in [2.75, 3.05) is 5.32 Å². The van der Waals surface area contributed by atoms with Crippen LogP contribution in [0.25, 0.3) is 10.9 Å². The second kappa shape index (κ2) is 4.01. The van der Waals surface area contributed by atoms with Crippen LogP contribution in [0.3, 0.4) is 0 Å². The first-order valence-corrected chi connectivity index (χ1v) is 6.74. The van der Waals surface area contributed by atoms with Gasteiger partial charge in [0.05, 0.1) is 11.7 Å². The lowest BCUT2D eigenvalue weighted by Crippen LogP contribution is -2.22. The molecule has 2 atom stereocenters. The van der Waals surface area contributed by atoms with Crippen molar-refractivity contribution in [2.24, 2.45) is 11.3 Å². The number of H-pyrrole nitrogens is 1. The summed E-state index contributed by atoms with van der Waals surface area (Å²) in [5, 5.41) is 12.0. The summed E-state index contributed by atoms with van der Waals surface area (Å²) in [6.07, 6.45) is 4.44. The first-order chi connectivity index (χ1) is 8.55. The van der Waals surface area contributed by atoms with Crippen LogP contribution in [-0.4, -0.2) is 16.2 Å². The number of nitrogens with zero attached hydrogens (tertiary/aromatic N) is 1. The highest BCUT2D eigenvalue weighted by molar-refractivity contribution is 5.90. The summed E-state index contributed by atoms with van der Waals surface area (Å²) in [4.78, 5) is 0. The lowest BCUT2D eigenvalue weighted by Gasteiger charge is -2.20. The molecule has 1 fully saturated rings. The minimum atomic E-state index is 0.460. The number of hydrogen-bond acceptors (Lipinski definition) is 2. The first-order valence-electron chi connectivity index (χ1n) is 6.74. The molecule has 1 aromatic heterocycles. The molecule has 2 aromatic rings. The summed E-state index contributed by atoms with van der Waals surface area (Å²) in [7, 11) is 0. The Kier molecular flexibility index (Phi) is 2.58. The van der Waals surface area contributed by atoms with Crippen LogP contribution in [0.15, 0.2) is 24.4 Å². The predicted octanol–water partition coefficient (Wildman–Crippen LogP) is 3.80. The predicted molar refractivity (Wildman–Crippen MR) is 75.7 cm³/mol. The maximum absolute atomic E-state index is 4.12. The van der Waals surface area contributed by atoms with Gasteiger partial charge >= 0.3 is 0 Å². The van der Waals surface area contributed by atoms with Gasteiger partial charge < -0.3 is 5.32 Å². The Labute approximate surface area is 108 Å². The van der Waals surface area contributed by atoms with Gasteiger partial charge in [-0.25, -0.2) is 0 Å². The van der Waals surface area contributed by atoms with Crippen molar-refractivity contribution < 1.29 is 0 Å². The molecule has 0 amide bonds. The van der Waals surface area contributed by atoms with E-state index in [4.69, 9.17) is 0 Å². The molecule has 3 heteroatoms. The minimum Gasteiger partial charge on any atom is -0.381 e. The average Bonchev–Trinajstić information content (AvgIpc) is 2.84. The molecule has 3 rings (SSSR count). The van der Waals surface area contributed by atoms with Gasteiger partial charge in [-0.3, -0.25) is 5.10 Å². The number of rotatable bonds is 2.